The first kappa shape index (κ1) is 18.5. The number of aryl methyl sites for hydroxylation is 2. The highest BCUT2D eigenvalue weighted by molar-refractivity contribution is 6.62. The number of hydrogen-bond acceptors (Lipinski definition) is 5. The second-order valence-electron chi connectivity index (χ2n) is 7.74. The van der Waals surface area contributed by atoms with Crippen LogP contribution in [0.25, 0.3) is 11.3 Å². The molecule has 0 spiro atoms. The Morgan fingerprint density at radius 1 is 1.04 bits per heavy atom. The molecule has 1 fully saturated rings. The summed E-state index contributed by atoms with van der Waals surface area (Å²) in [5.74, 6) is -0.493. The molecule has 0 aliphatic carbocycles. The van der Waals surface area contributed by atoms with Crippen LogP contribution in [0.15, 0.2) is 24.5 Å². The number of carbonyl (C=O) groups excluding carboxylic acids is 1. The van der Waals surface area contributed by atoms with Crippen molar-refractivity contribution in [1.29, 1.82) is 0 Å². The van der Waals surface area contributed by atoms with E-state index in [2.05, 4.69) is 9.97 Å². The van der Waals surface area contributed by atoms with Crippen molar-refractivity contribution in [2.24, 2.45) is 5.73 Å². The zero-order valence-electron chi connectivity index (χ0n) is 16.1. The van der Waals surface area contributed by atoms with Gasteiger partial charge in [0.25, 0.3) is 0 Å². The van der Waals surface area contributed by atoms with Crippen LogP contribution in [0.3, 0.4) is 0 Å². The van der Waals surface area contributed by atoms with E-state index in [9.17, 15) is 4.79 Å². The fourth-order valence-electron chi connectivity index (χ4n) is 2.89. The molecule has 0 bridgehead atoms. The largest absolute Gasteiger partial charge is 0.496 e. The second kappa shape index (κ2) is 6.18. The van der Waals surface area contributed by atoms with Gasteiger partial charge in [-0.15, -0.1) is 0 Å². The zero-order chi connectivity index (χ0) is 19.3. The lowest BCUT2D eigenvalue weighted by Crippen LogP contribution is -2.41. The SMILES string of the molecule is Cc1cc(C(N)=O)cnc1-c1cc(B2OC(C)(C)C(C)(C)O2)cnc1C. The third-order valence-corrected chi connectivity index (χ3v) is 5.25. The Morgan fingerprint density at radius 2 is 1.65 bits per heavy atom. The van der Waals surface area contributed by atoms with Crippen LogP contribution in [0.1, 0.15) is 49.3 Å². The molecular weight excluding hydrogens is 329 g/mol. The molecule has 1 aliphatic rings. The van der Waals surface area contributed by atoms with Crippen LogP contribution in [-0.2, 0) is 9.31 Å². The number of nitrogens with zero attached hydrogens (tertiary/aromatic N) is 2. The summed E-state index contributed by atoms with van der Waals surface area (Å²) < 4.78 is 12.2. The van der Waals surface area contributed by atoms with Gasteiger partial charge in [0.2, 0.25) is 5.91 Å². The van der Waals surface area contributed by atoms with Crippen LogP contribution in [0.5, 0.6) is 0 Å². The van der Waals surface area contributed by atoms with E-state index in [-0.39, 0.29) is 0 Å². The van der Waals surface area contributed by atoms with Crippen LogP contribution in [0.2, 0.25) is 0 Å². The third-order valence-electron chi connectivity index (χ3n) is 5.25. The molecule has 3 rings (SSSR count). The van der Waals surface area contributed by atoms with Crippen molar-refractivity contribution in [3.8, 4) is 11.3 Å². The summed E-state index contributed by atoms with van der Waals surface area (Å²) in [7, 11) is -0.489. The molecule has 7 heteroatoms. The van der Waals surface area contributed by atoms with E-state index in [1.807, 2.05) is 47.6 Å². The first-order valence-electron chi connectivity index (χ1n) is 8.61. The molecule has 1 aliphatic heterocycles. The molecule has 0 saturated carbocycles. The number of hydrogen-bond donors (Lipinski definition) is 1. The average molecular weight is 353 g/mol. The highest BCUT2D eigenvalue weighted by Gasteiger charge is 2.51. The molecular formula is C19H24BN3O3. The maximum atomic E-state index is 11.4. The lowest BCUT2D eigenvalue weighted by molar-refractivity contribution is 0.00578. The third kappa shape index (κ3) is 3.13. The Morgan fingerprint density at radius 3 is 2.19 bits per heavy atom. The number of aromatic nitrogens is 2. The van der Waals surface area contributed by atoms with Gasteiger partial charge in [0.1, 0.15) is 0 Å². The Kier molecular flexibility index (Phi) is 4.41. The summed E-state index contributed by atoms with van der Waals surface area (Å²) in [6, 6.07) is 3.73. The zero-order valence-corrected chi connectivity index (χ0v) is 16.1. The predicted octanol–water partition coefficient (Wildman–Crippen LogP) is 2.16. The van der Waals surface area contributed by atoms with Gasteiger partial charge >= 0.3 is 7.12 Å². The van der Waals surface area contributed by atoms with E-state index in [0.29, 0.717) is 5.56 Å². The average Bonchev–Trinajstić information content (AvgIpc) is 2.76. The fraction of sp³-hybridized carbons (Fsp3) is 0.421. The van der Waals surface area contributed by atoms with Crippen LogP contribution in [0.4, 0.5) is 0 Å². The normalized spacial score (nSPS) is 18.2. The molecule has 1 saturated heterocycles. The Labute approximate surface area is 154 Å². The van der Waals surface area contributed by atoms with Crippen LogP contribution < -0.4 is 11.2 Å². The van der Waals surface area contributed by atoms with Gasteiger partial charge in [-0.3, -0.25) is 14.8 Å². The molecule has 1 amide bonds. The van der Waals surface area contributed by atoms with Crippen LogP contribution in [-0.4, -0.2) is 34.2 Å². The Balaban J connectivity index is 2.01. The van der Waals surface area contributed by atoms with E-state index in [4.69, 9.17) is 15.0 Å². The van der Waals surface area contributed by atoms with Crippen LogP contribution >= 0.6 is 0 Å². The van der Waals surface area contributed by atoms with Crippen molar-refractivity contribution in [3.05, 3.63) is 41.3 Å². The predicted molar refractivity (Wildman–Crippen MR) is 101 cm³/mol. The van der Waals surface area contributed by atoms with Crippen LogP contribution in [0, 0.1) is 13.8 Å². The molecule has 0 unspecified atom stereocenters. The summed E-state index contributed by atoms with van der Waals surface area (Å²) in [6.45, 7) is 11.9. The highest BCUT2D eigenvalue weighted by Crippen LogP contribution is 2.36. The standard InChI is InChI=1S/C19H24BN3O3/c1-11-7-13(17(21)24)9-23-16(11)15-8-14(10-22-12(15)2)20-25-18(3,4)19(5,6)26-20/h7-10H,1-6H3,(H2,21,24). The minimum absolute atomic E-state index is 0.388. The number of primary amides is 1. The van der Waals surface area contributed by atoms with Crippen molar-refractivity contribution >= 4 is 18.5 Å². The van der Waals surface area contributed by atoms with Gasteiger partial charge in [0.15, 0.2) is 0 Å². The van der Waals surface area contributed by atoms with E-state index in [0.717, 1.165) is 28.0 Å². The maximum Gasteiger partial charge on any atom is 0.496 e. The molecule has 0 radical (unpaired) electrons. The van der Waals surface area contributed by atoms with E-state index in [1.165, 1.54) is 6.20 Å². The minimum Gasteiger partial charge on any atom is -0.399 e. The second-order valence-corrected chi connectivity index (χ2v) is 7.74. The monoisotopic (exact) mass is 353 g/mol. The quantitative estimate of drug-likeness (QED) is 0.855. The molecule has 0 atom stereocenters. The van der Waals surface area contributed by atoms with E-state index in [1.54, 1.807) is 12.3 Å². The molecule has 2 aromatic heterocycles. The number of carbonyl (C=O) groups is 1. The summed E-state index contributed by atoms with van der Waals surface area (Å²) in [4.78, 5) is 20.3. The summed E-state index contributed by atoms with van der Waals surface area (Å²) in [6.07, 6.45) is 3.26. The first-order valence-corrected chi connectivity index (χ1v) is 8.61. The summed E-state index contributed by atoms with van der Waals surface area (Å²) in [5, 5.41) is 0. The minimum atomic E-state index is -0.493. The summed E-state index contributed by atoms with van der Waals surface area (Å²) >= 11 is 0. The lowest BCUT2D eigenvalue weighted by Gasteiger charge is -2.32. The van der Waals surface area contributed by atoms with Gasteiger partial charge in [-0.25, -0.2) is 0 Å². The van der Waals surface area contributed by atoms with E-state index < -0.39 is 24.2 Å². The first-order chi connectivity index (χ1) is 12.0. The molecule has 136 valence electrons. The van der Waals surface area contributed by atoms with Crippen molar-refractivity contribution in [3.63, 3.8) is 0 Å². The van der Waals surface area contributed by atoms with Crippen molar-refractivity contribution in [2.75, 3.05) is 0 Å². The smallest absolute Gasteiger partial charge is 0.399 e. The molecule has 2 aromatic rings. The van der Waals surface area contributed by atoms with Crippen molar-refractivity contribution in [1.82, 2.24) is 9.97 Å². The highest BCUT2D eigenvalue weighted by atomic mass is 16.7. The van der Waals surface area contributed by atoms with E-state index >= 15 is 0 Å². The van der Waals surface area contributed by atoms with Gasteiger partial charge in [-0.05, 0) is 59.2 Å². The van der Waals surface area contributed by atoms with Gasteiger partial charge in [0, 0.05) is 29.1 Å². The van der Waals surface area contributed by atoms with Crippen molar-refractivity contribution in [2.45, 2.75) is 52.7 Å². The Bertz CT molecular complexity index is 864. The molecule has 3 heterocycles. The lowest BCUT2D eigenvalue weighted by atomic mass is 9.79. The number of amides is 1. The maximum absolute atomic E-state index is 11.4. The molecule has 2 N–H and O–H groups in total. The fourth-order valence-corrected chi connectivity index (χ4v) is 2.89. The molecule has 0 aromatic carbocycles. The number of nitrogens with two attached hydrogens (primary N) is 1. The number of pyridine rings is 2. The van der Waals surface area contributed by atoms with Gasteiger partial charge in [0.05, 0.1) is 22.5 Å². The molecule has 6 nitrogen and oxygen atoms in total. The number of rotatable bonds is 3. The Hall–Kier alpha value is -2.25. The topological polar surface area (TPSA) is 87.3 Å². The van der Waals surface area contributed by atoms with Gasteiger partial charge in [-0.1, -0.05) is 0 Å². The van der Waals surface area contributed by atoms with Gasteiger partial charge in [-0.2, -0.15) is 0 Å². The summed E-state index contributed by atoms with van der Waals surface area (Å²) in [5.41, 5.74) is 9.07. The van der Waals surface area contributed by atoms with Crippen molar-refractivity contribution < 1.29 is 14.1 Å². The van der Waals surface area contributed by atoms with Gasteiger partial charge < -0.3 is 15.0 Å². The molecule has 26 heavy (non-hydrogen) atoms.